The SMILES string of the molecule is O=C(NC1CCN(Cc2ccnc(NC3CC3)n2)CC1)c1ccc(-c2cccc(F)c2)nc1. The van der Waals surface area contributed by atoms with Gasteiger partial charge in [0.25, 0.3) is 5.91 Å². The topological polar surface area (TPSA) is 83.0 Å². The van der Waals surface area contributed by atoms with Crippen molar-refractivity contribution >= 4 is 11.9 Å². The Balaban J connectivity index is 1.11. The quantitative estimate of drug-likeness (QED) is 0.577. The molecule has 1 amide bonds. The van der Waals surface area contributed by atoms with E-state index >= 15 is 0 Å². The van der Waals surface area contributed by atoms with Crippen LogP contribution in [-0.4, -0.2) is 50.9 Å². The first-order chi connectivity index (χ1) is 16.1. The first-order valence-electron chi connectivity index (χ1n) is 11.5. The highest BCUT2D eigenvalue weighted by Gasteiger charge is 2.23. The maximum atomic E-state index is 13.4. The van der Waals surface area contributed by atoms with Crippen LogP contribution in [0.15, 0.2) is 54.9 Å². The van der Waals surface area contributed by atoms with E-state index in [2.05, 4.69) is 30.5 Å². The highest BCUT2D eigenvalue weighted by atomic mass is 19.1. The Morgan fingerprint density at radius 2 is 1.88 bits per heavy atom. The number of amides is 1. The van der Waals surface area contributed by atoms with Crippen molar-refractivity contribution in [2.75, 3.05) is 18.4 Å². The van der Waals surface area contributed by atoms with Crippen LogP contribution in [0.5, 0.6) is 0 Å². The first kappa shape index (κ1) is 21.5. The van der Waals surface area contributed by atoms with Crippen LogP contribution in [0.1, 0.15) is 41.7 Å². The standard InChI is InChI=1S/C25H27FN6O/c26-19-3-1-2-17(14-19)23-7-4-18(15-28-23)24(33)29-21-9-12-32(13-10-21)16-22-8-11-27-25(31-22)30-20-5-6-20/h1-4,7-8,11,14-15,20-21H,5-6,9-10,12-13,16H2,(H,29,33)(H,27,30,31). The van der Waals surface area contributed by atoms with Crippen molar-refractivity contribution in [2.45, 2.75) is 44.3 Å². The highest BCUT2D eigenvalue weighted by molar-refractivity contribution is 5.94. The number of piperidine rings is 1. The minimum atomic E-state index is -0.308. The smallest absolute Gasteiger partial charge is 0.253 e. The van der Waals surface area contributed by atoms with Crippen molar-refractivity contribution in [2.24, 2.45) is 0 Å². The molecule has 2 N–H and O–H groups in total. The molecule has 1 saturated heterocycles. The number of pyridine rings is 1. The van der Waals surface area contributed by atoms with Gasteiger partial charge in [-0.1, -0.05) is 12.1 Å². The van der Waals surface area contributed by atoms with Crippen LogP contribution in [0.4, 0.5) is 10.3 Å². The molecule has 1 aromatic carbocycles. The fraction of sp³-hybridized carbons (Fsp3) is 0.360. The number of likely N-dealkylation sites (tertiary alicyclic amines) is 1. The Kier molecular flexibility index (Phi) is 6.26. The number of carbonyl (C=O) groups excluding carboxylic acids is 1. The second kappa shape index (κ2) is 9.62. The molecule has 5 rings (SSSR count). The van der Waals surface area contributed by atoms with Crippen LogP contribution in [0.25, 0.3) is 11.3 Å². The van der Waals surface area contributed by atoms with Crippen LogP contribution < -0.4 is 10.6 Å². The molecule has 0 radical (unpaired) electrons. The van der Waals surface area contributed by atoms with E-state index in [4.69, 9.17) is 0 Å². The monoisotopic (exact) mass is 446 g/mol. The molecular formula is C25H27FN6O. The maximum absolute atomic E-state index is 13.4. The first-order valence-corrected chi connectivity index (χ1v) is 11.5. The highest BCUT2D eigenvalue weighted by Crippen LogP contribution is 2.23. The molecule has 3 aromatic rings. The molecule has 0 unspecified atom stereocenters. The lowest BCUT2D eigenvalue weighted by atomic mass is 10.0. The van der Waals surface area contributed by atoms with Gasteiger partial charge in [-0.15, -0.1) is 0 Å². The molecule has 170 valence electrons. The minimum absolute atomic E-state index is 0.127. The molecule has 3 heterocycles. The van der Waals surface area contributed by atoms with Gasteiger partial charge in [-0.05, 0) is 56.0 Å². The van der Waals surface area contributed by atoms with Crippen LogP contribution >= 0.6 is 0 Å². The van der Waals surface area contributed by atoms with Crippen LogP contribution in [-0.2, 0) is 6.54 Å². The number of benzene rings is 1. The Bertz CT molecular complexity index is 1110. The van der Waals surface area contributed by atoms with Crippen molar-refractivity contribution in [3.63, 3.8) is 0 Å². The summed E-state index contributed by atoms with van der Waals surface area (Å²) in [5, 5.41) is 6.47. The molecule has 1 aliphatic carbocycles. The zero-order chi connectivity index (χ0) is 22.6. The van der Waals surface area contributed by atoms with E-state index in [0.29, 0.717) is 28.8 Å². The molecule has 0 spiro atoms. The second-order valence-corrected chi connectivity index (χ2v) is 8.76. The zero-order valence-electron chi connectivity index (χ0n) is 18.4. The van der Waals surface area contributed by atoms with Gasteiger partial charge in [0.1, 0.15) is 5.82 Å². The third kappa shape index (κ3) is 5.70. The lowest BCUT2D eigenvalue weighted by molar-refractivity contribution is 0.0908. The van der Waals surface area contributed by atoms with Gasteiger partial charge in [0.2, 0.25) is 5.95 Å². The van der Waals surface area contributed by atoms with Crippen molar-refractivity contribution in [1.29, 1.82) is 0 Å². The Morgan fingerprint density at radius 3 is 2.61 bits per heavy atom. The summed E-state index contributed by atoms with van der Waals surface area (Å²) >= 11 is 0. The maximum Gasteiger partial charge on any atom is 0.253 e. The van der Waals surface area contributed by atoms with Crippen LogP contribution in [0, 0.1) is 5.82 Å². The number of nitrogens with one attached hydrogen (secondary N) is 2. The summed E-state index contributed by atoms with van der Waals surface area (Å²) in [6.45, 7) is 2.59. The fourth-order valence-electron chi connectivity index (χ4n) is 4.04. The van der Waals surface area contributed by atoms with E-state index in [1.54, 1.807) is 30.5 Å². The van der Waals surface area contributed by atoms with Gasteiger partial charge in [-0.3, -0.25) is 14.7 Å². The van der Waals surface area contributed by atoms with Gasteiger partial charge < -0.3 is 10.6 Å². The summed E-state index contributed by atoms with van der Waals surface area (Å²) in [5.74, 6) is 0.282. The zero-order valence-corrected chi connectivity index (χ0v) is 18.4. The summed E-state index contributed by atoms with van der Waals surface area (Å²) in [5.41, 5.74) is 2.85. The van der Waals surface area contributed by atoms with E-state index in [-0.39, 0.29) is 17.8 Å². The second-order valence-electron chi connectivity index (χ2n) is 8.76. The number of anilines is 1. The lowest BCUT2D eigenvalue weighted by Crippen LogP contribution is -2.44. The average Bonchev–Trinajstić information content (AvgIpc) is 3.65. The van der Waals surface area contributed by atoms with Crippen molar-refractivity contribution < 1.29 is 9.18 Å². The van der Waals surface area contributed by atoms with E-state index in [1.807, 2.05) is 12.3 Å². The third-order valence-electron chi connectivity index (χ3n) is 6.08. The minimum Gasteiger partial charge on any atom is -0.351 e. The van der Waals surface area contributed by atoms with E-state index in [1.165, 1.54) is 25.0 Å². The largest absolute Gasteiger partial charge is 0.351 e. The summed E-state index contributed by atoms with van der Waals surface area (Å²) in [6.07, 6.45) is 7.53. The van der Waals surface area contributed by atoms with Crippen molar-refractivity contribution in [1.82, 2.24) is 25.2 Å². The molecule has 33 heavy (non-hydrogen) atoms. The summed E-state index contributed by atoms with van der Waals surface area (Å²) < 4.78 is 13.4. The summed E-state index contributed by atoms with van der Waals surface area (Å²) in [6, 6.07) is 12.4. The molecule has 1 saturated carbocycles. The number of nitrogens with zero attached hydrogens (tertiary/aromatic N) is 4. The number of hydrogen-bond acceptors (Lipinski definition) is 6. The molecule has 2 fully saturated rings. The third-order valence-corrected chi connectivity index (χ3v) is 6.08. The molecule has 8 heteroatoms. The lowest BCUT2D eigenvalue weighted by Gasteiger charge is -2.32. The molecule has 0 bridgehead atoms. The fourth-order valence-corrected chi connectivity index (χ4v) is 4.04. The summed E-state index contributed by atoms with van der Waals surface area (Å²) in [7, 11) is 0. The van der Waals surface area contributed by atoms with Gasteiger partial charge in [0.15, 0.2) is 0 Å². The number of rotatable bonds is 7. The molecule has 2 aliphatic rings. The Labute approximate surface area is 192 Å². The predicted octanol–water partition coefficient (Wildman–Crippen LogP) is 3.65. The molecule has 0 atom stereocenters. The average molecular weight is 447 g/mol. The van der Waals surface area contributed by atoms with Gasteiger partial charge >= 0.3 is 0 Å². The number of carbonyl (C=O) groups is 1. The predicted molar refractivity (Wildman–Crippen MR) is 124 cm³/mol. The summed E-state index contributed by atoms with van der Waals surface area (Å²) in [4.78, 5) is 28.3. The number of hydrogen-bond donors (Lipinski definition) is 2. The van der Waals surface area contributed by atoms with Gasteiger partial charge in [-0.25, -0.2) is 14.4 Å². The van der Waals surface area contributed by atoms with Crippen molar-refractivity contribution in [3.05, 3.63) is 71.9 Å². The number of halogens is 1. The van der Waals surface area contributed by atoms with Gasteiger partial charge in [0, 0.05) is 49.7 Å². The van der Waals surface area contributed by atoms with E-state index in [0.717, 1.165) is 38.2 Å². The van der Waals surface area contributed by atoms with Crippen molar-refractivity contribution in [3.8, 4) is 11.3 Å². The van der Waals surface area contributed by atoms with Gasteiger partial charge in [0.05, 0.1) is 17.0 Å². The van der Waals surface area contributed by atoms with E-state index in [9.17, 15) is 9.18 Å². The molecular weight excluding hydrogens is 419 g/mol. The van der Waals surface area contributed by atoms with E-state index < -0.39 is 0 Å². The van der Waals surface area contributed by atoms with Gasteiger partial charge in [-0.2, -0.15) is 0 Å². The Morgan fingerprint density at radius 1 is 1.03 bits per heavy atom. The molecule has 2 aromatic heterocycles. The molecule has 1 aliphatic heterocycles. The molecule has 7 nitrogen and oxygen atoms in total. The van der Waals surface area contributed by atoms with Crippen LogP contribution in [0.2, 0.25) is 0 Å². The Hall–Kier alpha value is -3.39. The van der Waals surface area contributed by atoms with Crippen LogP contribution in [0.3, 0.4) is 0 Å². The normalized spacial score (nSPS) is 17.0. The number of aromatic nitrogens is 3.